The first kappa shape index (κ1) is 12.9. The van der Waals surface area contributed by atoms with E-state index in [-0.39, 0.29) is 17.7 Å². The molecule has 2 aliphatic rings. The number of nitrogens with zero attached hydrogens (tertiary/aromatic N) is 1. The van der Waals surface area contributed by atoms with Crippen molar-refractivity contribution >= 4 is 28.2 Å². The number of hydrogen-bond acceptors (Lipinski definition) is 5. The Bertz CT molecular complexity index is 643. The molecule has 4 atom stereocenters. The van der Waals surface area contributed by atoms with Gasteiger partial charge in [0.25, 0.3) is 0 Å². The van der Waals surface area contributed by atoms with E-state index in [4.69, 9.17) is 5.26 Å². The summed E-state index contributed by atoms with van der Waals surface area (Å²) in [5.74, 6) is -3.05. The van der Waals surface area contributed by atoms with E-state index in [1.807, 2.05) is 18.2 Å². The SMILES string of the molecule is N#Cc1ccsc1NC(=O)[C@@H]1[C@@H](C(=O)[O-])[C@H]2C=C[C@@H]1C2. The van der Waals surface area contributed by atoms with Crippen LogP contribution in [0.15, 0.2) is 23.6 Å². The normalized spacial score (nSPS) is 30.1. The molecule has 1 heterocycles. The highest BCUT2D eigenvalue weighted by atomic mass is 32.1. The van der Waals surface area contributed by atoms with E-state index in [1.54, 1.807) is 11.4 Å². The summed E-state index contributed by atoms with van der Waals surface area (Å²) in [6, 6.07) is 3.61. The van der Waals surface area contributed by atoms with Crippen LogP contribution in [0.2, 0.25) is 0 Å². The van der Waals surface area contributed by atoms with E-state index in [0.717, 1.165) is 0 Å². The van der Waals surface area contributed by atoms with Gasteiger partial charge in [-0.1, -0.05) is 12.2 Å². The summed E-state index contributed by atoms with van der Waals surface area (Å²) >= 11 is 1.26. The summed E-state index contributed by atoms with van der Waals surface area (Å²) in [7, 11) is 0. The van der Waals surface area contributed by atoms with E-state index in [1.165, 1.54) is 11.3 Å². The summed E-state index contributed by atoms with van der Waals surface area (Å²) in [5.41, 5.74) is 0.395. The average molecular weight is 287 g/mol. The van der Waals surface area contributed by atoms with Crippen LogP contribution in [0.25, 0.3) is 0 Å². The zero-order chi connectivity index (χ0) is 14.3. The number of hydrogen-bond donors (Lipinski definition) is 1. The molecule has 2 bridgehead atoms. The van der Waals surface area contributed by atoms with Gasteiger partial charge in [-0.05, 0) is 29.7 Å². The van der Waals surface area contributed by atoms with E-state index >= 15 is 0 Å². The number of rotatable bonds is 3. The number of carbonyl (C=O) groups excluding carboxylic acids is 2. The predicted octanol–water partition coefficient (Wildman–Crippen LogP) is 0.746. The monoisotopic (exact) mass is 287 g/mol. The lowest BCUT2D eigenvalue weighted by molar-refractivity contribution is -0.313. The van der Waals surface area contributed by atoms with Gasteiger partial charge >= 0.3 is 0 Å². The Hall–Kier alpha value is -2.13. The Morgan fingerprint density at radius 3 is 2.70 bits per heavy atom. The van der Waals surface area contributed by atoms with Gasteiger partial charge in [0.15, 0.2) is 0 Å². The van der Waals surface area contributed by atoms with Gasteiger partial charge < -0.3 is 15.2 Å². The molecule has 1 N–H and O–H groups in total. The van der Waals surface area contributed by atoms with Gasteiger partial charge in [-0.25, -0.2) is 0 Å². The topological polar surface area (TPSA) is 93.0 Å². The van der Waals surface area contributed by atoms with E-state index < -0.39 is 17.8 Å². The van der Waals surface area contributed by atoms with Gasteiger partial charge in [0.05, 0.1) is 11.5 Å². The summed E-state index contributed by atoms with van der Waals surface area (Å²) in [6.07, 6.45) is 4.46. The second-order valence-electron chi connectivity index (χ2n) is 5.08. The number of carboxylic acid groups (broad SMARTS) is 1. The number of amides is 1. The first-order chi connectivity index (χ1) is 9.61. The Morgan fingerprint density at radius 1 is 1.35 bits per heavy atom. The number of fused-ring (bicyclic) bond motifs is 2. The molecule has 1 amide bonds. The van der Waals surface area contributed by atoms with Crippen LogP contribution in [-0.2, 0) is 9.59 Å². The molecule has 2 aliphatic carbocycles. The lowest BCUT2D eigenvalue weighted by Crippen LogP contribution is -2.42. The van der Waals surface area contributed by atoms with Crippen molar-refractivity contribution in [2.75, 3.05) is 5.32 Å². The minimum Gasteiger partial charge on any atom is -0.550 e. The van der Waals surface area contributed by atoms with Gasteiger partial charge in [0.2, 0.25) is 5.91 Å². The quantitative estimate of drug-likeness (QED) is 0.830. The van der Waals surface area contributed by atoms with Gasteiger partial charge in [0.1, 0.15) is 11.1 Å². The van der Waals surface area contributed by atoms with Crippen molar-refractivity contribution < 1.29 is 14.7 Å². The fourth-order valence-corrected chi connectivity index (χ4v) is 3.93. The summed E-state index contributed by atoms with van der Waals surface area (Å²) in [5, 5.41) is 25.1. The number of anilines is 1. The molecular weight excluding hydrogens is 276 g/mol. The molecule has 0 aliphatic heterocycles. The second-order valence-corrected chi connectivity index (χ2v) is 6.00. The smallest absolute Gasteiger partial charge is 0.229 e. The van der Waals surface area contributed by atoms with Crippen molar-refractivity contribution in [3.63, 3.8) is 0 Å². The minimum absolute atomic E-state index is 0.0478. The fourth-order valence-electron chi connectivity index (χ4n) is 3.19. The molecule has 3 rings (SSSR count). The standard InChI is InChI=1S/C14H12N2O3S/c15-6-9-3-4-20-13(9)16-12(17)10-7-1-2-8(5-7)11(10)14(18)19/h1-4,7-8,10-11H,5H2,(H,16,17)(H,18,19)/p-1/t7-,8+,10+,11+/m1/s1. The number of aliphatic carboxylic acids is 1. The number of carboxylic acids is 1. The second kappa shape index (κ2) is 4.76. The molecule has 6 heteroatoms. The van der Waals surface area contributed by atoms with Crippen LogP contribution in [0.4, 0.5) is 5.00 Å². The number of allylic oxidation sites excluding steroid dienone is 2. The Morgan fingerprint density at radius 2 is 2.05 bits per heavy atom. The van der Waals surface area contributed by atoms with Crippen LogP contribution in [-0.4, -0.2) is 11.9 Å². The number of thiophene rings is 1. The average Bonchev–Trinajstić information content (AvgIpc) is 3.12. The highest BCUT2D eigenvalue weighted by Gasteiger charge is 2.48. The predicted molar refractivity (Wildman–Crippen MR) is 70.4 cm³/mol. The molecule has 5 nitrogen and oxygen atoms in total. The molecule has 1 saturated carbocycles. The third-order valence-electron chi connectivity index (χ3n) is 4.06. The molecule has 102 valence electrons. The van der Waals surface area contributed by atoms with Gasteiger partial charge in [0, 0.05) is 11.9 Å². The number of nitriles is 1. The summed E-state index contributed by atoms with van der Waals surface area (Å²) in [4.78, 5) is 23.6. The highest BCUT2D eigenvalue weighted by Crippen LogP contribution is 2.48. The molecule has 1 fully saturated rings. The molecule has 0 aromatic carbocycles. The van der Waals surface area contributed by atoms with Crippen molar-refractivity contribution in [1.82, 2.24) is 0 Å². The lowest BCUT2D eigenvalue weighted by atomic mass is 9.82. The van der Waals surface area contributed by atoms with Gasteiger partial charge in [-0.15, -0.1) is 11.3 Å². The Balaban J connectivity index is 1.82. The lowest BCUT2D eigenvalue weighted by Gasteiger charge is -2.27. The number of nitrogens with one attached hydrogen (secondary N) is 1. The van der Waals surface area contributed by atoms with Crippen molar-refractivity contribution in [2.24, 2.45) is 23.7 Å². The summed E-state index contributed by atoms with van der Waals surface area (Å²) < 4.78 is 0. The zero-order valence-electron chi connectivity index (χ0n) is 10.4. The van der Waals surface area contributed by atoms with Crippen LogP contribution >= 0.6 is 11.3 Å². The Kier molecular flexibility index (Phi) is 3.07. The molecule has 0 saturated heterocycles. The van der Waals surface area contributed by atoms with E-state index in [9.17, 15) is 14.7 Å². The maximum Gasteiger partial charge on any atom is 0.229 e. The third-order valence-corrected chi connectivity index (χ3v) is 4.89. The maximum atomic E-state index is 12.3. The van der Waals surface area contributed by atoms with E-state index in [2.05, 4.69) is 5.32 Å². The van der Waals surface area contributed by atoms with E-state index in [0.29, 0.717) is 17.0 Å². The van der Waals surface area contributed by atoms with Crippen LogP contribution in [0.3, 0.4) is 0 Å². The minimum atomic E-state index is -1.17. The summed E-state index contributed by atoms with van der Waals surface area (Å²) in [6.45, 7) is 0. The van der Waals surface area contributed by atoms with Crippen LogP contribution in [0, 0.1) is 35.0 Å². The third kappa shape index (κ3) is 1.91. The first-order valence-corrected chi connectivity index (χ1v) is 7.17. The molecule has 0 radical (unpaired) electrons. The van der Waals surface area contributed by atoms with Crippen molar-refractivity contribution in [3.05, 3.63) is 29.2 Å². The highest BCUT2D eigenvalue weighted by molar-refractivity contribution is 7.14. The Labute approximate surface area is 119 Å². The molecule has 0 spiro atoms. The first-order valence-electron chi connectivity index (χ1n) is 6.29. The molecule has 1 aromatic rings. The molecule has 0 unspecified atom stereocenters. The fraction of sp³-hybridized carbons (Fsp3) is 0.357. The largest absolute Gasteiger partial charge is 0.550 e. The zero-order valence-corrected chi connectivity index (χ0v) is 11.2. The molecule has 1 aromatic heterocycles. The van der Waals surface area contributed by atoms with Gasteiger partial charge in [-0.3, -0.25) is 4.79 Å². The van der Waals surface area contributed by atoms with Crippen molar-refractivity contribution in [1.29, 1.82) is 5.26 Å². The van der Waals surface area contributed by atoms with Crippen molar-refractivity contribution in [3.8, 4) is 6.07 Å². The van der Waals surface area contributed by atoms with Crippen LogP contribution in [0.1, 0.15) is 12.0 Å². The van der Waals surface area contributed by atoms with Crippen LogP contribution < -0.4 is 10.4 Å². The maximum absolute atomic E-state index is 12.3. The number of carbonyl (C=O) groups is 2. The van der Waals surface area contributed by atoms with Crippen LogP contribution in [0.5, 0.6) is 0 Å². The molecular formula is C14H11N2O3S-. The molecule has 20 heavy (non-hydrogen) atoms. The van der Waals surface area contributed by atoms with Gasteiger partial charge in [-0.2, -0.15) is 5.26 Å². The van der Waals surface area contributed by atoms with Crippen molar-refractivity contribution in [2.45, 2.75) is 6.42 Å².